The monoisotopic (exact) mass is 436 g/mol. The number of hydrogen-bond acceptors (Lipinski definition) is 5. The molecule has 0 unspecified atom stereocenters. The van der Waals surface area contributed by atoms with Gasteiger partial charge in [0.15, 0.2) is 0 Å². The van der Waals surface area contributed by atoms with E-state index in [9.17, 15) is 9.59 Å². The van der Waals surface area contributed by atoms with E-state index in [4.69, 9.17) is 9.47 Å². The van der Waals surface area contributed by atoms with E-state index in [-0.39, 0.29) is 11.8 Å². The van der Waals surface area contributed by atoms with Crippen LogP contribution in [0.2, 0.25) is 0 Å². The lowest BCUT2D eigenvalue weighted by molar-refractivity contribution is -0.137. The van der Waals surface area contributed by atoms with Gasteiger partial charge in [-0.25, -0.2) is 0 Å². The van der Waals surface area contributed by atoms with Crippen LogP contribution in [0.25, 0.3) is 5.57 Å². The van der Waals surface area contributed by atoms with Crippen molar-refractivity contribution >= 4 is 23.1 Å². The van der Waals surface area contributed by atoms with Gasteiger partial charge in [-0.3, -0.25) is 14.5 Å². The fourth-order valence-corrected chi connectivity index (χ4v) is 3.57. The van der Waals surface area contributed by atoms with Crippen LogP contribution in [0.15, 0.2) is 48.2 Å². The molecule has 2 aromatic carbocycles. The Bertz CT molecular complexity index is 995. The van der Waals surface area contributed by atoms with Crippen molar-refractivity contribution in [2.24, 2.45) is 0 Å². The van der Waals surface area contributed by atoms with Crippen molar-refractivity contribution in [1.29, 1.82) is 0 Å². The summed E-state index contributed by atoms with van der Waals surface area (Å²) in [7, 11) is 0. The molecular formula is C26H32N2O4. The number of rotatable bonds is 11. The van der Waals surface area contributed by atoms with Crippen LogP contribution in [0.4, 0.5) is 5.69 Å². The molecule has 1 N–H and O–H groups in total. The highest BCUT2D eigenvalue weighted by Gasteiger charge is 2.39. The lowest BCUT2D eigenvalue weighted by Gasteiger charge is -2.15. The average Bonchev–Trinajstić information content (AvgIpc) is 3.02. The normalized spacial score (nSPS) is 13.8. The molecule has 0 atom stereocenters. The van der Waals surface area contributed by atoms with E-state index in [1.165, 1.54) is 4.90 Å². The predicted octanol–water partition coefficient (Wildman–Crippen LogP) is 4.71. The number of anilines is 1. The summed E-state index contributed by atoms with van der Waals surface area (Å²) in [5.41, 5.74) is 4.27. The first-order valence-corrected chi connectivity index (χ1v) is 11.2. The number of amides is 2. The summed E-state index contributed by atoms with van der Waals surface area (Å²) in [5.74, 6) is 0.140. The van der Waals surface area contributed by atoms with Crippen LogP contribution >= 0.6 is 0 Å². The third-order valence-corrected chi connectivity index (χ3v) is 5.31. The van der Waals surface area contributed by atoms with E-state index in [1.807, 2.05) is 70.2 Å². The van der Waals surface area contributed by atoms with E-state index >= 15 is 0 Å². The Morgan fingerprint density at radius 3 is 2.38 bits per heavy atom. The summed E-state index contributed by atoms with van der Waals surface area (Å²) in [6.07, 6.45) is 1.51. The second kappa shape index (κ2) is 11.0. The number of nitrogens with one attached hydrogen (secondary N) is 1. The Morgan fingerprint density at radius 1 is 0.938 bits per heavy atom. The summed E-state index contributed by atoms with van der Waals surface area (Å²) in [4.78, 5) is 27.9. The molecule has 2 amide bonds. The van der Waals surface area contributed by atoms with Crippen LogP contribution in [0.5, 0.6) is 5.75 Å². The van der Waals surface area contributed by atoms with E-state index in [2.05, 4.69) is 5.32 Å². The number of carbonyl (C=O) groups excluding carboxylic acids is 2. The second-order valence-electron chi connectivity index (χ2n) is 7.88. The molecule has 6 heteroatoms. The Kier molecular flexibility index (Phi) is 8.06. The maximum atomic E-state index is 13.3. The molecule has 6 nitrogen and oxygen atoms in total. The molecule has 0 bridgehead atoms. The van der Waals surface area contributed by atoms with Crippen LogP contribution in [-0.4, -0.2) is 43.1 Å². The van der Waals surface area contributed by atoms with E-state index in [1.54, 1.807) is 0 Å². The molecule has 170 valence electrons. The molecule has 2 aromatic rings. The fourth-order valence-electron chi connectivity index (χ4n) is 3.57. The molecule has 1 aliphatic heterocycles. The molecule has 1 aliphatic rings. The van der Waals surface area contributed by atoms with Crippen LogP contribution in [0, 0.1) is 13.8 Å². The van der Waals surface area contributed by atoms with Gasteiger partial charge in [0, 0.05) is 25.4 Å². The maximum Gasteiger partial charge on any atom is 0.278 e. The summed E-state index contributed by atoms with van der Waals surface area (Å²) in [6.45, 7) is 10.0. The smallest absolute Gasteiger partial charge is 0.278 e. The highest BCUT2D eigenvalue weighted by Crippen LogP contribution is 2.32. The summed E-state index contributed by atoms with van der Waals surface area (Å²) in [5, 5.41) is 3.26. The Balaban J connectivity index is 1.94. The first-order chi connectivity index (χ1) is 15.5. The SMILES string of the molecule is CCCOc1ccc(C2=C(Nc3cc(C)ccc3C)C(=O)N(CCCOCC)C2=O)cc1. The number of benzene rings is 2. The van der Waals surface area contributed by atoms with Crippen LogP contribution in [0.1, 0.15) is 43.4 Å². The zero-order valence-corrected chi connectivity index (χ0v) is 19.4. The summed E-state index contributed by atoms with van der Waals surface area (Å²) < 4.78 is 11.0. The highest BCUT2D eigenvalue weighted by molar-refractivity contribution is 6.36. The zero-order chi connectivity index (χ0) is 23.1. The van der Waals surface area contributed by atoms with Crippen LogP contribution in [-0.2, 0) is 14.3 Å². The molecule has 0 radical (unpaired) electrons. The highest BCUT2D eigenvalue weighted by atomic mass is 16.5. The third-order valence-electron chi connectivity index (χ3n) is 5.31. The van der Waals surface area contributed by atoms with Crippen molar-refractivity contribution in [3.63, 3.8) is 0 Å². The third kappa shape index (κ3) is 5.37. The zero-order valence-electron chi connectivity index (χ0n) is 19.4. The molecule has 32 heavy (non-hydrogen) atoms. The molecule has 0 saturated heterocycles. The van der Waals surface area contributed by atoms with Gasteiger partial charge in [-0.2, -0.15) is 0 Å². The van der Waals surface area contributed by atoms with Gasteiger partial charge in [0.25, 0.3) is 11.8 Å². The molecule has 1 heterocycles. The molecular weight excluding hydrogens is 404 g/mol. The van der Waals surface area contributed by atoms with Gasteiger partial charge in [-0.1, -0.05) is 31.2 Å². The van der Waals surface area contributed by atoms with Gasteiger partial charge >= 0.3 is 0 Å². The quantitative estimate of drug-likeness (QED) is 0.408. The van der Waals surface area contributed by atoms with Crippen molar-refractivity contribution in [3.05, 3.63) is 64.9 Å². The Morgan fingerprint density at radius 2 is 1.69 bits per heavy atom. The minimum atomic E-state index is -0.311. The average molecular weight is 437 g/mol. The van der Waals surface area contributed by atoms with E-state index < -0.39 is 0 Å². The number of imide groups is 1. The molecule has 0 saturated carbocycles. The summed E-state index contributed by atoms with van der Waals surface area (Å²) >= 11 is 0. The molecule has 3 rings (SSSR count). The van der Waals surface area contributed by atoms with Crippen molar-refractivity contribution in [1.82, 2.24) is 4.90 Å². The summed E-state index contributed by atoms with van der Waals surface area (Å²) in [6, 6.07) is 13.3. The minimum Gasteiger partial charge on any atom is -0.494 e. The number of nitrogens with zero attached hydrogens (tertiary/aromatic N) is 1. The van der Waals surface area contributed by atoms with Gasteiger partial charge in [-0.15, -0.1) is 0 Å². The second-order valence-corrected chi connectivity index (χ2v) is 7.88. The van der Waals surface area contributed by atoms with Crippen LogP contribution in [0.3, 0.4) is 0 Å². The number of hydrogen-bond donors (Lipinski definition) is 1. The molecule has 0 spiro atoms. The largest absolute Gasteiger partial charge is 0.494 e. The van der Waals surface area contributed by atoms with Crippen molar-refractivity contribution in [2.45, 2.75) is 40.5 Å². The predicted molar refractivity (Wildman–Crippen MR) is 127 cm³/mol. The lowest BCUT2D eigenvalue weighted by atomic mass is 10.0. The Labute approximate surface area is 190 Å². The van der Waals surface area contributed by atoms with Gasteiger partial charge in [-0.05, 0) is 68.5 Å². The number of carbonyl (C=O) groups is 2. The van der Waals surface area contributed by atoms with Gasteiger partial charge in [0.05, 0.1) is 12.2 Å². The standard InChI is InChI=1S/C26H32N2O4/c1-5-15-32-21-12-10-20(11-13-21)23-24(27-22-17-18(3)8-9-19(22)4)26(30)28(25(23)29)14-7-16-31-6-2/h8-13,17,27H,5-7,14-16H2,1-4H3. The fraction of sp³-hybridized carbons (Fsp3) is 0.385. The van der Waals surface area contributed by atoms with Crippen LogP contribution < -0.4 is 10.1 Å². The molecule has 0 aliphatic carbocycles. The Hall–Kier alpha value is -3.12. The first kappa shape index (κ1) is 23.5. The molecule has 0 aromatic heterocycles. The minimum absolute atomic E-state index is 0.290. The van der Waals surface area contributed by atoms with Gasteiger partial charge < -0.3 is 14.8 Å². The number of ether oxygens (including phenoxy) is 2. The molecule has 0 fully saturated rings. The van der Waals surface area contributed by atoms with Crippen molar-refractivity contribution < 1.29 is 19.1 Å². The number of aryl methyl sites for hydroxylation is 2. The first-order valence-electron chi connectivity index (χ1n) is 11.2. The topological polar surface area (TPSA) is 67.9 Å². The maximum absolute atomic E-state index is 13.3. The van der Waals surface area contributed by atoms with Gasteiger partial charge in [0.2, 0.25) is 0 Å². The van der Waals surface area contributed by atoms with E-state index in [0.717, 1.165) is 29.0 Å². The van der Waals surface area contributed by atoms with Crippen molar-refractivity contribution in [2.75, 3.05) is 31.7 Å². The lowest BCUT2D eigenvalue weighted by Crippen LogP contribution is -2.34. The van der Waals surface area contributed by atoms with Gasteiger partial charge in [0.1, 0.15) is 11.4 Å². The van der Waals surface area contributed by atoms with E-state index in [0.29, 0.717) is 49.6 Å². The van der Waals surface area contributed by atoms with Crippen molar-refractivity contribution in [3.8, 4) is 5.75 Å².